The van der Waals surface area contributed by atoms with Crippen molar-refractivity contribution >= 4 is 27.4 Å². The number of halogens is 1. The summed E-state index contributed by atoms with van der Waals surface area (Å²) in [4.78, 5) is 14.4. The lowest BCUT2D eigenvalue weighted by molar-refractivity contribution is -0.115. The van der Waals surface area contributed by atoms with Gasteiger partial charge in [-0.05, 0) is 96.4 Å². The number of benzene rings is 2. The van der Waals surface area contributed by atoms with Crippen LogP contribution in [-0.4, -0.2) is 43.3 Å². The zero-order valence-electron chi connectivity index (χ0n) is 22.3. The molecule has 5 heteroatoms. The number of nitrogens with zero attached hydrogens (tertiary/aromatic N) is 1. The molecule has 0 unspecified atom stereocenters. The number of ketones is 1. The Labute approximate surface area is 233 Å². The van der Waals surface area contributed by atoms with Crippen molar-refractivity contribution in [3.63, 3.8) is 0 Å². The molecule has 0 saturated heterocycles. The molecule has 5 atom stereocenters. The maximum Gasteiger partial charge on any atom is 0.156 e. The molecule has 2 aromatic carbocycles. The van der Waals surface area contributed by atoms with Gasteiger partial charge in [0.1, 0.15) is 5.60 Å². The van der Waals surface area contributed by atoms with Gasteiger partial charge in [0.05, 0.1) is 12.7 Å². The van der Waals surface area contributed by atoms with E-state index in [0.29, 0.717) is 19.4 Å². The maximum atomic E-state index is 12.2. The van der Waals surface area contributed by atoms with Crippen LogP contribution in [0.5, 0.6) is 0 Å². The van der Waals surface area contributed by atoms with Gasteiger partial charge in [-0.15, -0.1) is 0 Å². The lowest BCUT2D eigenvalue weighted by Crippen LogP contribution is -2.53. The molecule has 0 aromatic heterocycles. The third kappa shape index (κ3) is 4.18. The normalized spacial score (nSPS) is 32.0. The van der Waals surface area contributed by atoms with Crippen molar-refractivity contribution in [2.75, 3.05) is 25.6 Å². The van der Waals surface area contributed by atoms with Crippen LogP contribution in [0.4, 0.5) is 5.69 Å². The quantitative estimate of drug-likeness (QED) is 0.437. The Balaban J connectivity index is 1.45. The minimum Gasteiger partial charge on any atom is -0.378 e. The number of carbonyl (C=O) groups is 1. The standard InChI is InChI=1S/C33H34BrNO3/c1-32-19-28(22-6-10-25(11-7-22)35(2)3)30-27-13-12-26(36)18-23(27)20-38-31(30)29(32)15-17-33(32,37)16-14-21-4-8-24(34)9-5-21/h4-11,18,28-29,31,37H,12-13,15,17,19-20H2,1-3H3/t28-,29+,31+,32+,33+/m1/s1. The third-order valence-electron chi connectivity index (χ3n) is 9.44. The Bertz CT molecular complexity index is 1390. The molecule has 4 nitrogen and oxygen atoms in total. The second-order valence-electron chi connectivity index (χ2n) is 11.7. The fourth-order valence-corrected chi connectivity index (χ4v) is 7.50. The van der Waals surface area contributed by atoms with E-state index in [2.05, 4.69) is 78.0 Å². The maximum absolute atomic E-state index is 12.2. The molecule has 2 saturated carbocycles. The molecule has 3 aliphatic carbocycles. The van der Waals surface area contributed by atoms with E-state index in [4.69, 9.17) is 4.74 Å². The van der Waals surface area contributed by atoms with Gasteiger partial charge in [-0.25, -0.2) is 0 Å². The number of aliphatic hydroxyl groups is 1. The predicted octanol–water partition coefficient (Wildman–Crippen LogP) is 6.19. The number of anilines is 1. The molecule has 2 aromatic rings. The van der Waals surface area contributed by atoms with Crippen LogP contribution in [-0.2, 0) is 9.53 Å². The smallest absolute Gasteiger partial charge is 0.156 e. The monoisotopic (exact) mass is 571 g/mol. The molecule has 0 amide bonds. The molecule has 0 radical (unpaired) electrons. The van der Waals surface area contributed by atoms with Crippen molar-refractivity contribution in [1.82, 2.24) is 0 Å². The fourth-order valence-electron chi connectivity index (χ4n) is 7.23. The molecular formula is C33H34BrNO3. The minimum absolute atomic E-state index is 0.0730. The SMILES string of the molecule is CN(C)c1ccc([C@H]2C[C@@]3(C)[C@@H](CC[C@@]3(O)C#Cc3ccc(Br)cc3)[C@@H]3OCC4=CC(=O)CCC4=C32)cc1. The number of allylic oxidation sites excluding steroid dienone is 1. The van der Waals surface area contributed by atoms with E-state index >= 15 is 0 Å². The first-order valence-corrected chi connectivity index (χ1v) is 14.3. The average molecular weight is 573 g/mol. The number of fused-ring (bicyclic) bond motifs is 4. The molecule has 38 heavy (non-hydrogen) atoms. The van der Waals surface area contributed by atoms with Crippen molar-refractivity contribution in [3.8, 4) is 11.8 Å². The molecule has 2 fully saturated rings. The van der Waals surface area contributed by atoms with Gasteiger partial charge < -0.3 is 14.7 Å². The fraction of sp³-hybridized carbons (Fsp3) is 0.424. The van der Waals surface area contributed by atoms with Crippen molar-refractivity contribution < 1.29 is 14.6 Å². The van der Waals surface area contributed by atoms with Gasteiger partial charge in [-0.2, -0.15) is 0 Å². The highest BCUT2D eigenvalue weighted by Crippen LogP contribution is 2.64. The summed E-state index contributed by atoms with van der Waals surface area (Å²) in [5.41, 5.74) is 5.46. The molecule has 0 spiro atoms. The van der Waals surface area contributed by atoms with Gasteiger partial charge in [-0.3, -0.25) is 4.79 Å². The van der Waals surface area contributed by atoms with E-state index in [1.807, 2.05) is 24.3 Å². The van der Waals surface area contributed by atoms with Crippen molar-refractivity contribution in [1.29, 1.82) is 0 Å². The van der Waals surface area contributed by atoms with E-state index in [-0.39, 0.29) is 23.7 Å². The van der Waals surface area contributed by atoms with Crippen LogP contribution in [0.25, 0.3) is 0 Å². The molecule has 0 bridgehead atoms. The summed E-state index contributed by atoms with van der Waals surface area (Å²) in [5, 5.41) is 12.2. The molecule has 1 N–H and O–H groups in total. The molecule has 4 aliphatic rings. The molecule has 6 rings (SSSR count). The summed E-state index contributed by atoms with van der Waals surface area (Å²) in [6.45, 7) is 2.69. The predicted molar refractivity (Wildman–Crippen MR) is 154 cm³/mol. The Morgan fingerprint density at radius 1 is 1.08 bits per heavy atom. The lowest BCUT2D eigenvalue weighted by atomic mass is 9.55. The van der Waals surface area contributed by atoms with Gasteiger partial charge in [0.25, 0.3) is 0 Å². The van der Waals surface area contributed by atoms with E-state index < -0.39 is 11.0 Å². The van der Waals surface area contributed by atoms with Crippen LogP contribution < -0.4 is 4.90 Å². The number of carbonyl (C=O) groups excluding carboxylic acids is 1. The van der Waals surface area contributed by atoms with Crippen LogP contribution in [0, 0.1) is 23.2 Å². The topological polar surface area (TPSA) is 49.8 Å². The van der Waals surface area contributed by atoms with E-state index in [0.717, 1.165) is 40.6 Å². The van der Waals surface area contributed by atoms with E-state index in [1.165, 1.54) is 16.7 Å². The van der Waals surface area contributed by atoms with Gasteiger partial charge in [0.15, 0.2) is 5.78 Å². The Hall–Kier alpha value is -2.65. The molecule has 1 aliphatic heterocycles. The van der Waals surface area contributed by atoms with Crippen LogP contribution >= 0.6 is 15.9 Å². The molecular weight excluding hydrogens is 538 g/mol. The third-order valence-corrected chi connectivity index (χ3v) is 9.97. The van der Waals surface area contributed by atoms with Crippen LogP contribution in [0.2, 0.25) is 0 Å². The summed E-state index contributed by atoms with van der Waals surface area (Å²) in [6, 6.07) is 16.7. The van der Waals surface area contributed by atoms with Crippen molar-refractivity contribution in [2.24, 2.45) is 11.3 Å². The van der Waals surface area contributed by atoms with Gasteiger partial charge >= 0.3 is 0 Å². The lowest BCUT2D eigenvalue weighted by Gasteiger charge is -2.53. The molecule has 1 heterocycles. The highest BCUT2D eigenvalue weighted by Gasteiger charge is 2.63. The second kappa shape index (κ2) is 9.52. The minimum atomic E-state index is -1.11. The summed E-state index contributed by atoms with van der Waals surface area (Å²) in [5.74, 6) is 7.09. The summed E-state index contributed by atoms with van der Waals surface area (Å²) in [6.07, 6.45) is 5.37. The van der Waals surface area contributed by atoms with Crippen LogP contribution in [0.1, 0.15) is 56.1 Å². The first kappa shape index (κ1) is 25.6. The van der Waals surface area contributed by atoms with Crippen molar-refractivity contribution in [2.45, 2.75) is 56.7 Å². The first-order valence-electron chi connectivity index (χ1n) is 13.6. The zero-order valence-corrected chi connectivity index (χ0v) is 23.8. The van der Waals surface area contributed by atoms with Gasteiger partial charge in [-0.1, -0.05) is 46.8 Å². The van der Waals surface area contributed by atoms with Crippen LogP contribution in [0.3, 0.4) is 0 Å². The number of hydrogen-bond donors (Lipinski definition) is 1. The summed E-state index contributed by atoms with van der Waals surface area (Å²) < 4.78 is 7.62. The van der Waals surface area contributed by atoms with E-state index in [1.54, 1.807) is 6.08 Å². The number of ether oxygens (including phenoxy) is 1. The van der Waals surface area contributed by atoms with E-state index in [9.17, 15) is 9.90 Å². The van der Waals surface area contributed by atoms with Gasteiger partial charge in [0, 0.05) is 47.6 Å². The first-order chi connectivity index (χ1) is 18.2. The van der Waals surface area contributed by atoms with Gasteiger partial charge in [0.2, 0.25) is 0 Å². The average Bonchev–Trinajstić information content (AvgIpc) is 3.18. The summed E-state index contributed by atoms with van der Waals surface area (Å²) in [7, 11) is 4.10. The summed E-state index contributed by atoms with van der Waals surface area (Å²) >= 11 is 3.49. The number of hydrogen-bond acceptors (Lipinski definition) is 4. The highest BCUT2D eigenvalue weighted by atomic mass is 79.9. The Kier molecular flexibility index (Phi) is 6.42. The molecule has 196 valence electrons. The van der Waals surface area contributed by atoms with Crippen LogP contribution in [0.15, 0.2) is 75.8 Å². The highest BCUT2D eigenvalue weighted by molar-refractivity contribution is 9.10. The Morgan fingerprint density at radius 3 is 2.53 bits per heavy atom. The Morgan fingerprint density at radius 2 is 1.82 bits per heavy atom. The number of rotatable bonds is 2. The largest absolute Gasteiger partial charge is 0.378 e. The van der Waals surface area contributed by atoms with Crippen molar-refractivity contribution in [3.05, 3.63) is 86.9 Å². The zero-order chi connectivity index (χ0) is 26.7. The second-order valence-corrected chi connectivity index (χ2v) is 12.6.